The standard InChI is InChI=1S/C14H21F2NO/c1-10(2)14(9-18)17(3)7-6-11-4-5-12(15)13(16)8-11/h4-5,8,10,14,18H,6-7,9H2,1-3H3. The normalized spacial score (nSPS) is 13.3. The van der Waals surface area contributed by atoms with Gasteiger partial charge in [-0.2, -0.15) is 0 Å². The number of hydrogen-bond donors (Lipinski definition) is 1. The summed E-state index contributed by atoms with van der Waals surface area (Å²) in [5, 5.41) is 9.29. The molecule has 1 unspecified atom stereocenters. The predicted octanol–water partition coefficient (Wildman–Crippen LogP) is 2.46. The molecule has 0 spiro atoms. The Labute approximate surface area is 107 Å². The molecule has 0 aliphatic rings. The zero-order valence-corrected chi connectivity index (χ0v) is 11.2. The molecule has 18 heavy (non-hydrogen) atoms. The first-order valence-corrected chi connectivity index (χ1v) is 6.20. The highest BCUT2D eigenvalue weighted by atomic mass is 19.2. The molecule has 1 aromatic carbocycles. The molecular weight excluding hydrogens is 236 g/mol. The van der Waals surface area contributed by atoms with Crippen LogP contribution >= 0.6 is 0 Å². The first-order valence-electron chi connectivity index (χ1n) is 6.20. The van der Waals surface area contributed by atoms with E-state index in [0.29, 0.717) is 18.9 Å². The lowest BCUT2D eigenvalue weighted by Gasteiger charge is -2.29. The summed E-state index contributed by atoms with van der Waals surface area (Å²) < 4.78 is 25.8. The minimum absolute atomic E-state index is 0.0929. The van der Waals surface area contributed by atoms with Gasteiger partial charge in [-0.3, -0.25) is 0 Å². The third kappa shape index (κ3) is 4.03. The van der Waals surface area contributed by atoms with Crippen LogP contribution in [-0.2, 0) is 6.42 Å². The van der Waals surface area contributed by atoms with Crippen molar-refractivity contribution in [3.8, 4) is 0 Å². The average Bonchev–Trinajstić information content (AvgIpc) is 2.31. The Bertz CT molecular complexity index is 382. The maximum atomic E-state index is 13.0. The van der Waals surface area contributed by atoms with Crippen LogP contribution < -0.4 is 0 Å². The van der Waals surface area contributed by atoms with Crippen molar-refractivity contribution in [1.82, 2.24) is 4.90 Å². The molecule has 0 amide bonds. The second-order valence-electron chi connectivity index (χ2n) is 4.97. The molecule has 0 radical (unpaired) electrons. The topological polar surface area (TPSA) is 23.5 Å². The monoisotopic (exact) mass is 257 g/mol. The zero-order chi connectivity index (χ0) is 13.7. The van der Waals surface area contributed by atoms with Crippen LogP contribution in [-0.4, -0.2) is 36.2 Å². The summed E-state index contributed by atoms with van der Waals surface area (Å²) in [5.41, 5.74) is 0.765. The molecule has 0 aliphatic heterocycles. The molecule has 1 aromatic rings. The van der Waals surface area contributed by atoms with Crippen molar-refractivity contribution in [3.63, 3.8) is 0 Å². The Morgan fingerprint density at radius 3 is 2.39 bits per heavy atom. The van der Waals surface area contributed by atoms with Crippen molar-refractivity contribution in [2.45, 2.75) is 26.3 Å². The molecule has 1 atom stereocenters. The molecule has 0 heterocycles. The molecule has 0 saturated heterocycles. The van der Waals surface area contributed by atoms with Crippen LogP contribution in [0, 0.1) is 17.6 Å². The van der Waals surface area contributed by atoms with Crippen LogP contribution in [0.5, 0.6) is 0 Å². The van der Waals surface area contributed by atoms with Crippen molar-refractivity contribution >= 4 is 0 Å². The van der Waals surface area contributed by atoms with Crippen molar-refractivity contribution in [3.05, 3.63) is 35.4 Å². The van der Waals surface area contributed by atoms with E-state index in [2.05, 4.69) is 13.8 Å². The Kier molecular flexibility index (Phi) is 5.69. The summed E-state index contributed by atoms with van der Waals surface area (Å²) >= 11 is 0. The number of rotatable bonds is 6. The summed E-state index contributed by atoms with van der Waals surface area (Å²) in [6, 6.07) is 4.06. The van der Waals surface area contributed by atoms with Gasteiger partial charge in [0.2, 0.25) is 0 Å². The van der Waals surface area contributed by atoms with Crippen LogP contribution in [0.25, 0.3) is 0 Å². The Morgan fingerprint density at radius 2 is 1.89 bits per heavy atom. The van der Waals surface area contributed by atoms with Gasteiger partial charge in [-0.25, -0.2) is 8.78 Å². The number of aliphatic hydroxyl groups excluding tert-OH is 1. The summed E-state index contributed by atoms with van der Waals surface area (Å²) in [7, 11) is 1.93. The third-order valence-electron chi connectivity index (χ3n) is 3.26. The fraction of sp³-hybridized carbons (Fsp3) is 0.571. The smallest absolute Gasteiger partial charge is 0.159 e. The second-order valence-corrected chi connectivity index (χ2v) is 4.97. The fourth-order valence-corrected chi connectivity index (χ4v) is 2.03. The summed E-state index contributed by atoms with van der Waals surface area (Å²) in [4.78, 5) is 2.05. The predicted molar refractivity (Wildman–Crippen MR) is 68.4 cm³/mol. The van der Waals surface area contributed by atoms with Crippen LogP contribution in [0.3, 0.4) is 0 Å². The van der Waals surface area contributed by atoms with Crippen molar-refractivity contribution < 1.29 is 13.9 Å². The van der Waals surface area contributed by atoms with Gasteiger partial charge in [-0.1, -0.05) is 19.9 Å². The maximum Gasteiger partial charge on any atom is 0.159 e. The lowest BCUT2D eigenvalue weighted by atomic mass is 10.0. The fourth-order valence-electron chi connectivity index (χ4n) is 2.03. The quantitative estimate of drug-likeness (QED) is 0.846. The number of nitrogens with zero attached hydrogens (tertiary/aromatic N) is 1. The lowest BCUT2D eigenvalue weighted by molar-refractivity contribution is 0.114. The third-order valence-corrected chi connectivity index (χ3v) is 3.26. The summed E-state index contributed by atoms with van der Waals surface area (Å²) in [6.07, 6.45) is 0.636. The minimum Gasteiger partial charge on any atom is -0.395 e. The molecule has 2 nitrogen and oxygen atoms in total. The maximum absolute atomic E-state index is 13.0. The molecule has 102 valence electrons. The highest BCUT2D eigenvalue weighted by Gasteiger charge is 2.17. The lowest BCUT2D eigenvalue weighted by Crippen LogP contribution is -2.39. The van der Waals surface area contributed by atoms with E-state index < -0.39 is 11.6 Å². The van der Waals surface area contributed by atoms with E-state index in [-0.39, 0.29) is 12.6 Å². The van der Waals surface area contributed by atoms with E-state index in [9.17, 15) is 13.9 Å². The van der Waals surface area contributed by atoms with Gasteiger partial charge in [0.25, 0.3) is 0 Å². The number of aliphatic hydroxyl groups is 1. The molecule has 0 saturated carbocycles. The van der Waals surface area contributed by atoms with Gasteiger partial charge in [0, 0.05) is 12.6 Å². The molecular formula is C14H21F2NO. The first kappa shape index (κ1) is 15.1. The van der Waals surface area contributed by atoms with E-state index in [1.807, 2.05) is 11.9 Å². The molecule has 0 fully saturated rings. The van der Waals surface area contributed by atoms with E-state index in [0.717, 1.165) is 11.6 Å². The van der Waals surface area contributed by atoms with Crippen LogP contribution in [0.15, 0.2) is 18.2 Å². The van der Waals surface area contributed by atoms with Gasteiger partial charge in [0.15, 0.2) is 11.6 Å². The van der Waals surface area contributed by atoms with Gasteiger partial charge in [-0.15, -0.1) is 0 Å². The molecule has 0 aromatic heterocycles. The minimum atomic E-state index is -0.817. The summed E-state index contributed by atoms with van der Waals surface area (Å²) in [5.74, 6) is -1.27. The number of halogens is 2. The van der Waals surface area contributed by atoms with Crippen molar-refractivity contribution in [2.75, 3.05) is 20.2 Å². The molecule has 4 heteroatoms. The largest absolute Gasteiger partial charge is 0.395 e. The SMILES string of the molecule is CC(C)C(CO)N(C)CCc1ccc(F)c(F)c1. The van der Waals surface area contributed by atoms with Gasteiger partial charge in [0.05, 0.1) is 6.61 Å². The van der Waals surface area contributed by atoms with Gasteiger partial charge in [-0.05, 0) is 37.1 Å². The van der Waals surface area contributed by atoms with Crippen LogP contribution in [0.2, 0.25) is 0 Å². The summed E-state index contributed by atoms with van der Waals surface area (Å²) in [6.45, 7) is 4.91. The Balaban J connectivity index is 2.56. The Hall–Kier alpha value is -1.00. The van der Waals surface area contributed by atoms with E-state index >= 15 is 0 Å². The van der Waals surface area contributed by atoms with Crippen LogP contribution in [0.1, 0.15) is 19.4 Å². The number of benzene rings is 1. The van der Waals surface area contributed by atoms with Gasteiger partial charge in [0.1, 0.15) is 0 Å². The van der Waals surface area contributed by atoms with E-state index in [1.165, 1.54) is 6.07 Å². The second kappa shape index (κ2) is 6.81. The molecule has 0 bridgehead atoms. The zero-order valence-electron chi connectivity index (χ0n) is 11.2. The molecule has 1 rings (SSSR count). The highest BCUT2D eigenvalue weighted by molar-refractivity contribution is 5.18. The molecule has 1 N–H and O–H groups in total. The average molecular weight is 257 g/mol. The highest BCUT2D eigenvalue weighted by Crippen LogP contribution is 2.12. The van der Waals surface area contributed by atoms with E-state index in [4.69, 9.17) is 0 Å². The Morgan fingerprint density at radius 1 is 1.22 bits per heavy atom. The van der Waals surface area contributed by atoms with E-state index in [1.54, 1.807) is 6.07 Å². The molecule has 0 aliphatic carbocycles. The number of hydrogen-bond acceptors (Lipinski definition) is 2. The number of likely N-dealkylation sites (N-methyl/N-ethyl adjacent to an activating group) is 1. The van der Waals surface area contributed by atoms with Crippen molar-refractivity contribution in [2.24, 2.45) is 5.92 Å². The van der Waals surface area contributed by atoms with Gasteiger partial charge < -0.3 is 10.0 Å². The van der Waals surface area contributed by atoms with Crippen molar-refractivity contribution in [1.29, 1.82) is 0 Å². The van der Waals surface area contributed by atoms with Gasteiger partial charge >= 0.3 is 0 Å². The van der Waals surface area contributed by atoms with Crippen LogP contribution in [0.4, 0.5) is 8.78 Å². The first-order chi connectivity index (χ1) is 8.45.